The van der Waals surface area contributed by atoms with Crippen LogP contribution in [0.15, 0.2) is 48.6 Å². The highest BCUT2D eigenvalue weighted by Crippen LogP contribution is 2.49. The molecule has 2 aromatic carbocycles. The molecule has 4 aliphatic heterocycles. The summed E-state index contributed by atoms with van der Waals surface area (Å²) in [5.74, 6) is 4.93. The molecule has 1 spiro atoms. The molecule has 1 amide bonds. The van der Waals surface area contributed by atoms with Crippen molar-refractivity contribution in [1.82, 2.24) is 14.5 Å². The van der Waals surface area contributed by atoms with Crippen molar-refractivity contribution in [3.05, 3.63) is 70.3 Å². The predicted molar refractivity (Wildman–Crippen MR) is 231 cm³/mol. The van der Waals surface area contributed by atoms with Crippen molar-refractivity contribution in [1.29, 1.82) is 0 Å². The number of nitrogens with one attached hydrogen (secondary N) is 1. The van der Waals surface area contributed by atoms with Crippen LogP contribution in [0.4, 0.5) is 5.69 Å². The molecule has 312 valence electrons. The lowest BCUT2D eigenvalue weighted by atomic mass is 9.63. The van der Waals surface area contributed by atoms with Gasteiger partial charge in [0.1, 0.15) is 21.2 Å². The molecular formula is C44H61ClN4O6S2. The van der Waals surface area contributed by atoms with Gasteiger partial charge in [-0.2, -0.15) is 0 Å². The number of carbonyl (C=O) groups is 1. The number of amides is 1. The van der Waals surface area contributed by atoms with E-state index in [1.54, 1.807) is 6.07 Å². The highest BCUT2D eigenvalue weighted by atomic mass is 35.5. The topological polar surface area (TPSA) is 108 Å². The van der Waals surface area contributed by atoms with Crippen molar-refractivity contribution in [2.75, 3.05) is 70.7 Å². The van der Waals surface area contributed by atoms with E-state index in [2.05, 4.69) is 56.5 Å². The van der Waals surface area contributed by atoms with Gasteiger partial charge in [-0.3, -0.25) is 19.3 Å². The summed E-state index contributed by atoms with van der Waals surface area (Å²) in [7, 11) is -4.26. The lowest BCUT2D eigenvalue weighted by molar-refractivity contribution is -0.1000. The molecule has 6 aliphatic rings. The first-order valence-corrected chi connectivity index (χ1v) is 25.1. The van der Waals surface area contributed by atoms with Gasteiger partial charge in [-0.1, -0.05) is 36.7 Å². The van der Waals surface area contributed by atoms with Gasteiger partial charge in [-0.25, -0.2) is 12.6 Å². The Bertz CT molecular complexity index is 2110. The number of rotatable bonds is 4. The van der Waals surface area contributed by atoms with E-state index in [9.17, 15) is 17.4 Å². The van der Waals surface area contributed by atoms with Crippen LogP contribution < -0.4 is 14.4 Å². The van der Waals surface area contributed by atoms with Crippen molar-refractivity contribution < 1.29 is 26.9 Å². The molecule has 10 nitrogen and oxygen atoms in total. The minimum absolute atomic E-state index is 0.0229. The number of halogens is 1. The molecule has 13 heteroatoms. The van der Waals surface area contributed by atoms with Gasteiger partial charge in [-0.05, 0) is 130 Å². The molecule has 9 atom stereocenters. The molecule has 2 bridgehead atoms. The van der Waals surface area contributed by atoms with Crippen LogP contribution in [-0.2, 0) is 36.1 Å². The molecule has 1 saturated carbocycles. The summed E-state index contributed by atoms with van der Waals surface area (Å²) in [6.07, 6.45) is 13.0. The van der Waals surface area contributed by atoms with E-state index in [1.165, 1.54) is 17.4 Å². The van der Waals surface area contributed by atoms with Crippen LogP contribution in [0.5, 0.6) is 5.75 Å². The Kier molecular flexibility index (Phi) is 11.4. The Balaban J connectivity index is 1.17. The molecule has 57 heavy (non-hydrogen) atoms. The summed E-state index contributed by atoms with van der Waals surface area (Å²) in [4.78, 5) is 21.3. The number of anilines is 1. The smallest absolute Gasteiger partial charge is 0.262 e. The Hall–Kier alpha value is -2.61. The van der Waals surface area contributed by atoms with Gasteiger partial charge < -0.3 is 14.4 Å². The Morgan fingerprint density at radius 2 is 1.91 bits per heavy atom. The number of nitrogens with zero attached hydrogens (tertiary/aromatic N) is 3. The number of hydrogen-bond acceptors (Lipinski definition) is 9. The standard InChI is InChI=1S/C44H61ClN4O6S2/c1-30-8-6-18-44(54-3,28-47-20-21-48-19-16-37(57(5,52)53)24-36(48)26-47)39-13-10-34(39)25-49-27-43(17-7-9-32-22-35(45)12-14-38(32)43)29-55-41-15-11-33(23-40(41)49)42(50)46-56(4,51)31(30)2/h6,11-12,14-15,18,22-23,30-31,34,36-37,39H,4,7-10,13,16-17,19-21,24-29H2,1-3,5H3,(H,46,50,51)/b18-6+/t30-,31+,34-,36-,37?,39+,43-,44-,56?/m0/s1. The first-order chi connectivity index (χ1) is 27.1. The van der Waals surface area contributed by atoms with Crippen molar-refractivity contribution in [3.8, 4) is 5.75 Å². The third kappa shape index (κ3) is 8.04. The number of sulfone groups is 1. The van der Waals surface area contributed by atoms with E-state index in [-0.39, 0.29) is 33.8 Å². The molecule has 3 fully saturated rings. The fourth-order valence-corrected chi connectivity index (χ4v) is 13.8. The van der Waals surface area contributed by atoms with E-state index in [4.69, 9.17) is 21.1 Å². The second kappa shape index (κ2) is 15.8. The molecule has 2 unspecified atom stereocenters. The van der Waals surface area contributed by atoms with Gasteiger partial charge in [0.15, 0.2) is 0 Å². The first kappa shape index (κ1) is 41.1. The van der Waals surface area contributed by atoms with Crippen LogP contribution in [-0.4, -0.2) is 122 Å². The van der Waals surface area contributed by atoms with Gasteiger partial charge in [0.25, 0.3) is 5.91 Å². The predicted octanol–water partition coefficient (Wildman–Crippen LogP) is 5.76. The number of benzene rings is 2. The number of hydrogen-bond donors (Lipinski definition) is 1. The van der Waals surface area contributed by atoms with Crippen LogP contribution in [0.3, 0.4) is 0 Å². The summed E-state index contributed by atoms with van der Waals surface area (Å²) in [5, 5.41) is 0.0777. The number of aryl methyl sites for hydroxylation is 1. The number of fused-ring (bicyclic) bond motifs is 5. The maximum absolute atomic E-state index is 14.1. The van der Waals surface area contributed by atoms with Gasteiger partial charge in [0.2, 0.25) is 0 Å². The molecular weight excluding hydrogens is 780 g/mol. The van der Waals surface area contributed by atoms with Crippen molar-refractivity contribution in [2.45, 2.75) is 92.8 Å². The zero-order valence-electron chi connectivity index (χ0n) is 34.1. The van der Waals surface area contributed by atoms with Crippen molar-refractivity contribution in [2.24, 2.45) is 17.8 Å². The van der Waals surface area contributed by atoms with E-state index in [0.717, 1.165) is 87.8 Å². The molecule has 0 aromatic heterocycles. The average molecular weight is 842 g/mol. The number of ether oxygens (including phenoxy) is 2. The monoisotopic (exact) mass is 840 g/mol. The highest BCUT2D eigenvalue weighted by molar-refractivity contribution is 7.99. The van der Waals surface area contributed by atoms with Crippen molar-refractivity contribution in [3.63, 3.8) is 0 Å². The number of carbonyl (C=O) groups excluding carboxylic acids is 1. The maximum atomic E-state index is 14.1. The summed E-state index contributed by atoms with van der Waals surface area (Å²) in [6.45, 7) is 10.2. The van der Waals surface area contributed by atoms with Crippen LogP contribution in [0.2, 0.25) is 5.02 Å². The summed E-state index contributed by atoms with van der Waals surface area (Å²) < 4.78 is 55.7. The molecule has 0 radical (unpaired) electrons. The SMILES string of the molecule is C=S1(=O)NC(=O)c2ccc3c(c2)N(C[C@@H]2CC[C@H]2[C@](CN2CCN4CCC(S(C)(=O)=O)C[C@H]4C2)(OC)/C=C/C[C@H](C)[C@H]1C)C[C@@]1(CCCc2cc(Cl)ccc21)CO3. The maximum Gasteiger partial charge on any atom is 0.262 e. The van der Waals surface area contributed by atoms with Crippen LogP contribution in [0, 0.1) is 17.8 Å². The third-order valence-electron chi connectivity index (χ3n) is 14.8. The number of piperidine rings is 1. The number of methoxy groups -OCH3 is 1. The number of piperazine rings is 1. The minimum atomic E-state index is -3.10. The Labute approximate surface area is 345 Å². The average Bonchev–Trinajstić information content (AvgIpc) is 3.31. The van der Waals surface area contributed by atoms with E-state index < -0.39 is 31.1 Å². The van der Waals surface area contributed by atoms with Crippen LogP contribution >= 0.6 is 11.6 Å². The molecule has 8 rings (SSSR count). The highest BCUT2D eigenvalue weighted by Gasteiger charge is 2.50. The molecule has 1 N–H and O–H groups in total. The zero-order chi connectivity index (χ0) is 40.3. The van der Waals surface area contributed by atoms with Crippen LogP contribution in [0.1, 0.15) is 80.3 Å². The zero-order valence-corrected chi connectivity index (χ0v) is 36.5. The normalized spacial score (nSPS) is 37.1. The molecule has 2 saturated heterocycles. The first-order valence-electron chi connectivity index (χ1n) is 21.0. The van der Waals surface area contributed by atoms with Gasteiger partial charge in [0.05, 0.1) is 27.3 Å². The van der Waals surface area contributed by atoms with E-state index >= 15 is 0 Å². The van der Waals surface area contributed by atoms with Gasteiger partial charge in [0, 0.05) is 79.9 Å². The van der Waals surface area contributed by atoms with Gasteiger partial charge >= 0.3 is 0 Å². The fraction of sp³-hybridized carbons (Fsp3) is 0.636. The number of allylic oxidation sites excluding steroid dienone is 1. The Morgan fingerprint density at radius 3 is 2.67 bits per heavy atom. The summed E-state index contributed by atoms with van der Waals surface area (Å²) >= 11 is 6.53. The largest absolute Gasteiger partial charge is 0.490 e. The van der Waals surface area contributed by atoms with Gasteiger partial charge in [-0.15, -0.1) is 0 Å². The lowest BCUT2D eigenvalue weighted by Crippen LogP contribution is -2.62. The molecule has 2 aromatic rings. The quantitative estimate of drug-likeness (QED) is 0.304. The second-order valence-electron chi connectivity index (χ2n) is 18.3. The van der Waals surface area contributed by atoms with Crippen molar-refractivity contribution >= 4 is 48.6 Å². The molecule has 2 aliphatic carbocycles. The van der Waals surface area contributed by atoms with E-state index in [1.807, 2.05) is 32.2 Å². The lowest BCUT2D eigenvalue weighted by Gasteiger charge is -2.53. The Morgan fingerprint density at radius 1 is 1.09 bits per heavy atom. The minimum Gasteiger partial charge on any atom is -0.490 e. The second-order valence-corrected chi connectivity index (χ2v) is 23.4. The fourth-order valence-electron chi connectivity index (χ4n) is 11.0. The van der Waals surface area contributed by atoms with E-state index in [0.29, 0.717) is 43.9 Å². The molecule has 4 heterocycles. The summed E-state index contributed by atoms with van der Waals surface area (Å²) in [6, 6.07) is 12.1. The third-order valence-corrected chi connectivity index (χ3v) is 18.9. The summed E-state index contributed by atoms with van der Waals surface area (Å²) in [5.41, 5.74) is 3.02. The van der Waals surface area contributed by atoms with Crippen LogP contribution in [0.25, 0.3) is 0 Å².